The van der Waals surface area contributed by atoms with Crippen molar-refractivity contribution in [2.75, 3.05) is 0 Å². The van der Waals surface area contributed by atoms with E-state index in [1.807, 2.05) is 0 Å². The van der Waals surface area contributed by atoms with E-state index >= 15 is 0 Å². The highest BCUT2D eigenvalue weighted by Crippen LogP contribution is 2.24. The summed E-state index contributed by atoms with van der Waals surface area (Å²) < 4.78 is 18.6. The van der Waals surface area contributed by atoms with Crippen LogP contribution in [0.25, 0.3) is 0 Å². The van der Waals surface area contributed by atoms with Crippen molar-refractivity contribution >= 4 is 28.8 Å². The van der Waals surface area contributed by atoms with Gasteiger partial charge in [0, 0.05) is 6.07 Å². The van der Waals surface area contributed by atoms with Gasteiger partial charge < -0.3 is 10.5 Å². The molecule has 0 aliphatic rings. The lowest BCUT2D eigenvalue weighted by atomic mass is 10.3. The first-order chi connectivity index (χ1) is 8.56. The lowest BCUT2D eigenvalue weighted by Crippen LogP contribution is -2.10. The smallest absolute Gasteiger partial charge is 0.145 e. The Morgan fingerprint density at radius 2 is 2.00 bits per heavy atom. The number of rotatable bonds is 3. The normalized spacial score (nSPS) is 10.1. The van der Waals surface area contributed by atoms with Crippen molar-refractivity contribution in [1.82, 2.24) is 4.98 Å². The monoisotopic (exact) mass is 282 g/mol. The highest BCUT2D eigenvalue weighted by Gasteiger charge is 2.04. The topological polar surface area (TPSA) is 48.1 Å². The molecule has 1 aromatic carbocycles. The van der Waals surface area contributed by atoms with Crippen molar-refractivity contribution in [1.29, 1.82) is 0 Å². The van der Waals surface area contributed by atoms with Gasteiger partial charge in [-0.05, 0) is 24.3 Å². The van der Waals surface area contributed by atoms with Crippen LogP contribution < -0.4 is 10.5 Å². The molecule has 2 rings (SSSR count). The third-order valence-corrected chi connectivity index (χ3v) is 2.63. The van der Waals surface area contributed by atoms with Crippen LogP contribution in [0.15, 0.2) is 36.5 Å². The maximum absolute atomic E-state index is 13.2. The first-order valence-corrected chi connectivity index (χ1v) is 5.73. The van der Waals surface area contributed by atoms with Crippen LogP contribution in [0.1, 0.15) is 5.69 Å². The Balaban J connectivity index is 2.18. The van der Waals surface area contributed by atoms with Crippen LogP contribution in [-0.2, 0) is 0 Å². The van der Waals surface area contributed by atoms with Gasteiger partial charge in [0.05, 0.1) is 16.9 Å². The number of hydrogen-bond acceptors (Lipinski definition) is 3. The lowest BCUT2D eigenvalue weighted by molar-refractivity contribution is 0.474. The molecule has 0 saturated heterocycles. The fourth-order valence-corrected chi connectivity index (χ4v) is 1.50. The number of aromatic nitrogens is 1. The van der Waals surface area contributed by atoms with E-state index in [1.165, 1.54) is 18.3 Å². The molecule has 0 radical (unpaired) electrons. The Kier molecular flexibility index (Phi) is 3.74. The second kappa shape index (κ2) is 5.29. The summed E-state index contributed by atoms with van der Waals surface area (Å²) in [5, 5.41) is 0.0457. The predicted molar refractivity (Wildman–Crippen MR) is 71.6 cm³/mol. The van der Waals surface area contributed by atoms with E-state index in [0.29, 0.717) is 17.2 Å². The fourth-order valence-electron chi connectivity index (χ4n) is 1.26. The summed E-state index contributed by atoms with van der Waals surface area (Å²) in [7, 11) is 0. The number of hydrogen-bond donors (Lipinski definition) is 1. The second-order valence-corrected chi connectivity index (χ2v) is 4.27. The lowest BCUT2D eigenvalue weighted by Gasteiger charge is -2.06. The minimum absolute atomic E-state index is 0.0457. The molecule has 1 aromatic heterocycles. The minimum atomic E-state index is -0.540. The molecule has 0 amide bonds. The fraction of sp³-hybridized carbons (Fsp3) is 0. The van der Waals surface area contributed by atoms with Gasteiger partial charge in [-0.1, -0.05) is 23.8 Å². The third kappa shape index (κ3) is 2.94. The van der Waals surface area contributed by atoms with E-state index in [4.69, 9.17) is 34.3 Å². The molecule has 3 nitrogen and oxygen atoms in total. The number of pyridine rings is 1. The van der Waals surface area contributed by atoms with Gasteiger partial charge in [-0.25, -0.2) is 9.37 Å². The standard InChI is InChI=1S/C12H8ClFN2OS/c13-9-3-1-7(5-10(9)14)17-8-2-4-11(12(15)18)16-6-8/h1-6H,(H2,15,18). The molecule has 0 saturated carbocycles. The molecule has 0 unspecified atom stereocenters. The van der Waals surface area contributed by atoms with Crippen LogP contribution in [0.3, 0.4) is 0 Å². The average Bonchev–Trinajstić information content (AvgIpc) is 2.34. The molecular formula is C12H8ClFN2OS. The van der Waals surface area contributed by atoms with Gasteiger partial charge in [-0.15, -0.1) is 0 Å². The molecule has 0 spiro atoms. The molecule has 2 aromatic rings. The minimum Gasteiger partial charge on any atom is -0.456 e. The molecule has 2 N–H and O–H groups in total. The van der Waals surface area contributed by atoms with Gasteiger partial charge in [0.1, 0.15) is 22.3 Å². The van der Waals surface area contributed by atoms with Gasteiger partial charge in [-0.2, -0.15) is 0 Å². The highest BCUT2D eigenvalue weighted by molar-refractivity contribution is 7.80. The first kappa shape index (κ1) is 12.7. The molecule has 0 atom stereocenters. The molecule has 18 heavy (non-hydrogen) atoms. The Morgan fingerprint density at radius 1 is 1.28 bits per heavy atom. The Hall–Kier alpha value is -1.72. The van der Waals surface area contributed by atoms with Crippen LogP contribution in [0.2, 0.25) is 5.02 Å². The number of benzene rings is 1. The molecule has 0 bridgehead atoms. The summed E-state index contributed by atoms with van der Waals surface area (Å²) in [5.74, 6) is 0.250. The molecule has 0 aliphatic carbocycles. The van der Waals surface area contributed by atoms with Crippen molar-refractivity contribution in [2.45, 2.75) is 0 Å². The number of nitrogens with zero attached hydrogens (tertiary/aromatic N) is 1. The summed E-state index contributed by atoms with van der Waals surface area (Å²) in [6.45, 7) is 0. The second-order valence-electron chi connectivity index (χ2n) is 3.42. The summed E-state index contributed by atoms with van der Waals surface area (Å²) >= 11 is 10.3. The first-order valence-electron chi connectivity index (χ1n) is 4.95. The van der Waals surface area contributed by atoms with E-state index in [2.05, 4.69) is 4.98 Å². The number of ether oxygens (including phenoxy) is 1. The van der Waals surface area contributed by atoms with Crippen LogP contribution in [-0.4, -0.2) is 9.97 Å². The Morgan fingerprint density at radius 3 is 2.56 bits per heavy atom. The van der Waals surface area contributed by atoms with E-state index in [0.717, 1.165) is 0 Å². The molecule has 0 aliphatic heterocycles. The average molecular weight is 283 g/mol. The molecular weight excluding hydrogens is 275 g/mol. The summed E-state index contributed by atoms with van der Waals surface area (Å²) in [6, 6.07) is 7.46. The highest BCUT2D eigenvalue weighted by atomic mass is 35.5. The van der Waals surface area contributed by atoms with Gasteiger partial charge in [0.25, 0.3) is 0 Å². The van der Waals surface area contributed by atoms with Gasteiger partial charge in [0.15, 0.2) is 0 Å². The van der Waals surface area contributed by atoms with Crippen molar-refractivity contribution in [3.05, 3.63) is 53.1 Å². The van der Waals surface area contributed by atoms with E-state index in [-0.39, 0.29) is 10.0 Å². The quantitative estimate of drug-likeness (QED) is 0.878. The van der Waals surface area contributed by atoms with Gasteiger partial charge in [-0.3, -0.25) is 0 Å². The number of halogens is 2. The van der Waals surface area contributed by atoms with Crippen molar-refractivity contribution in [3.8, 4) is 11.5 Å². The SMILES string of the molecule is NC(=S)c1ccc(Oc2ccc(Cl)c(F)c2)cn1. The predicted octanol–water partition coefficient (Wildman–Crippen LogP) is 3.30. The largest absolute Gasteiger partial charge is 0.456 e. The van der Waals surface area contributed by atoms with Crippen LogP contribution in [0.5, 0.6) is 11.5 Å². The number of thiocarbonyl (C=S) groups is 1. The zero-order valence-corrected chi connectivity index (χ0v) is 10.6. The Bertz CT molecular complexity index is 589. The van der Waals surface area contributed by atoms with Crippen molar-refractivity contribution in [3.63, 3.8) is 0 Å². The van der Waals surface area contributed by atoms with Crippen LogP contribution >= 0.6 is 23.8 Å². The third-order valence-electron chi connectivity index (χ3n) is 2.12. The summed E-state index contributed by atoms with van der Waals surface area (Å²) in [5.41, 5.74) is 5.92. The van der Waals surface area contributed by atoms with Crippen molar-refractivity contribution in [2.24, 2.45) is 5.73 Å². The van der Waals surface area contributed by atoms with Crippen LogP contribution in [0.4, 0.5) is 4.39 Å². The van der Waals surface area contributed by atoms with E-state index in [9.17, 15) is 4.39 Å². The Labute approximate surface area is 113 Å². The zero-order chi connectivity index (χ0) is 13.1. The molecule has 1 heterocycles. The number of nitrogens with two attached hydrogens (primary N) is 1. The van der Waals surface area contributed by atoms with E-state index in [1.54, 1.807) is 18.2 Å². The molecule has 6 heteroatoms. The summed E-state index contributed by atoms with van der Waals surface area (Å²) in [6.07, 6.45) is 1.46. The maximum Gasteiger partial charge on any atom is 0.145 e. The summed E-state index contributed by atoms with van der Waals surface area (Å²) in [4.78, 5) is 4.21. The van der Waals surface area contributed by atoms with Gasteiger partial charge >= 0.3 is 0 Å². The van der Waals surface area contributed by atoms with Crippen molar-refractivity contribution < 1.29 is 9.13 Å². The maximum atomic E-state index is 13.2. The van der Waals surface area contributed by atoms with E-state index < -0.39 is 5.82 Å². The zero-order valence-electron chi connectivity index (χ0n) is 9.06. The van der Waals surface area contributed by atoms with Gasteiger partial charge in [0.2, 0.25) is 0 Å². The molecule has 92 valence electrons. The molecule has 0 fully saturated rings. The van der Waals surface area contributed by atoms with Crippen LogP contribution in [0, 0.1) is 5.82 Å².